The van der Waals surface area contributed by atoms with Crippen LogP contribution in [0.1, 0.15) is 36.1 Å². The number of fused-ring (bicyclic) bond motifs is 9. The van der Waals surface area contributed by atoms with E-state index in [0.29, 0.717) is 0 Å². The third-order valence-corrected chi connectivity index (χ3v) is 12.7. The number of hydrogen-bond acceptors (Lipinski definition) is 2. The molecule has 0 saturated heterocycles. The summed E-state index contributed by atoms with van der Waals surface area (Å²) >= 11 is 0. The second-order valence-corrected chi connectivity index (χ2v) is 16.8. The fourth-order valence-electron chi connectivity index (χ4n) is 9.67. The zero-order valence-corrected chi connectivity index (χ0v) is 33.9. The standard InChI is InChI=1S/C57H44N2/c1-37-21-25-41(26-22-37)58(55-33-39-13-5-7-15-45(39)47-17-9-11-19-51(47)55)43-29-31-49-50-32-30-44(36-54(50)57(3,4)53(49)35-43)59(42-27-23-38(2)24-28-42)56-34-40-14-6-8-16-46(40)48-18-10-12-20-52(48)56/h5-36H,1-4H3. The summed E-state index contributed by atoms with van der Waals surface area (Å²) in [5, 5.41) is 10.00. The lowest BCUT2D eigenvalue weighted by molar-refractivity contribution is 0.660. The van der Waals surface area contributed by atoms with E-state index in [1.807, 2.05) is 0 Å². The largest absolute Gasteiger partial charge is 0.310 e. The summed E-state index contributed by atoms with van der Waals surface area (Å²) in [7, 11) is 0. The summed E-state index contributed by atoms with van der Waals surface area (Å²) in [4.78, 5) is 4.92. The fourth-order valence-corrected chi connectivity index (χ4v) is 9.67. The third-order valence-electron chi connectivity index (χ3n) is 12.7. The van der Waals surface area contributed by atoms with Crippen LogP contribution in [0.15, 0.2) is 194 Å². The number of nitrogens with zero attached hydrogens (tertiary/aromatic N) is 2. The Bertz CT molecular complexity index is 3040. The van der Waals surface area contributed by atoms with E-state index >= 15 is 0 Å². The summed E-state index contributed by atoms with van der Waals surface area (Å²) in [6.45, 7) is 9.11. The molecule has 10 aromatic rings. The predicted octanol–water partition coefficient (Wildman–Crippen LogP) is 16.2. The number of anilines is 6. The van der Waals surface area contributed by atoms with Gasteiger partial charge >= 0.3 is 0 Å². The number of aryl methyl sites for hydroxylation is 2. The van der Waals surface area contributed by atoms with E-state index in [1.54, 1.807) is 0 Å². The lowest BCUT2D eigenvalue weighted by Crippen LogP contribution is -2.18. The SMILES string of the molecule is Cc1ccc(N(c2ccc3c(c2)C(C)(C)c2cc(N(c4ccc(C)cc4)c4cc5ccccc5c5ccccc45)ccc2-3)c2cc3ccccc3c3ccccc23)cc1. The van der Waals surface area contributed by atoms with Gasteiger partial charge in [-0.15, -0.1) is 0 Å². The summed E-state index contributed by atoms with van der Waals surface area (Å²) in [5.41, 5.74) is 14.4. The number of benzene rings is 10. The van der Waals surface area contributed by atoms with Crippen LogP contribution >= 0.6 is 0 Å². The van der Waals surface area contributed by atoms with Crippen LogP contribution in [0.4, 0.5) is 34.1 Å². The second kappa shape index (κ2) is 13.5. The van der Waals surface area contributed by atoms with E-state index in [1.165, 1.54) is 87.8 Å². The zero-order valence-electron chi connectivity index (χ0n) is 33.9. The lowest BCUT2D eigenvalue weighted by Gasteiger charge is -2.30. The predicted molar refractivity (Wildman–Crippen MR) is 253 cm³/mol. The molecule has 0 atom stereocenters. The highest BCUT2D eigenvalue weighted by Crippen LogP contribution is 2.53. The fraction of sp³-hybridized carbons (Fsp3) is 0.0877. The van der Waals surface area contributed by atoms with Gasteiger partial charge in [0.15, 0.2) is 0 Å². The quantitative estimate of drug-likeness (QED) is 0.156. The Hall–Kier alpha value is -7.16. The van der Waals surface area contributed by atoms with Crippen LogP contribution in [0.25, 0.3) is 54.2 Å². The number of rotatable bonds is 6. The molecule has 0 aliphatic heterocycles. The summed E-state index contributed by atoms with van der Waals surface area (Å²) < 4.78 is 0. The Kier molecular flexibility index (Phi) is 8.00. The van der Waals surface area contributed by atoms with Crippen molar-refractivity contribution in [1.29, 1.82) is 0 Å². The van der Waals surface area contributed by atoms with Gasteiger partial charge in [0.25, 0.3) is 0 Å². The zero-order chi connectivity index (χ0) is 39.8. The molecule has 0 saturated carbocycles. The van der Waals surface area contributed by atoms with Gasteiger partial charge in [-0.2, -0.15) is 0 Å². The van der Waals surface area contributed by atoms with Gasteiger partial charge in [0, 0.05) is 38.9 Å². The van der Waals surface area contributed by atoms with E-state index in [4.69, 9.17) is 0 Å². The van der Waals surface area contributed by atoms with Gasteiger partial charge in [0.05, 0.1) is 11.4 Å². The molecule has 1 aliphatic carbocycles. The van der Waals surface area contributed by atoms with Crippen molar-refractivity contribution in [3.63, 3.8) is 0 Å². The molecule has 0 bridgehead atoms. The van der Waals surface area contributed by atoms with Crippen molar-refractivity contribution in [2.45, 2.75) is 33.1 Å². The molecule has 0 spiro atoms. The van der Waals surface area contributed by atoms with Gasteiger partial charge in [-0.25, -0.2) is 0 Å². The van der Waals surface area contributed by atoms with E-state index < -0.39 is 0 Å². The summed E-state index contributed by atoms with van der Waals surface area (Å²) in [6.07, 6.45) is 0. The van der Waals surface area contributed by atoms with Crippen molar-refractivity contribution in [2.24, 2.45) is 0 Å². The Morgan fingerprint density at radius 1 is 0.322 bits per heavy atom. The van der Waals surface area contributed by atoms with Crippen molar-refractivity contribution in [3.8, 4) is 11.1 Å². The summed E-state index contributed by atoms with van der Waals surface area (Å²) in [6, 6.07) is 72.1. The highest BCUT2D eigenvalue weighted by Gasteiger charge is 2.37. The average molecular weight is 757 g/mol. The van der Waals surface area contributed by atoms with Gasteiger partial charge in [-0.1, -0.05) is 158 Å². The van der Waals surface area contributed by atoms with Crippen molar-refractivity contribution in [3.05, 3.63) is 216 Å². The molecule has 0 heterocycles. The number of hydrogen-bond donors (Lipinski definition) is 0. The maximum absolute atomic E-state index is 2.46. The Morgan fingerprint density at radius 2 is 0.661 bits per heavy atom. The topological polar surface area (TPSA) is 6.48 Å². The maximum atomic E-state index is 2.46. The minimum atomic E-state index is -0.258. The first-order valence-corrected chi connectivity index (χ1v) is 20.7. The summed E-state index contributed by atoms with van der Waals surface area (Å²) in [5.74, 6) is 0. The molecule has 0 unspecified atom stereocenters. The molecule has 59 heavy (non-hydrogen) atoms. The van der Waals surface area contributed by atoms with E-state index in [2.05, 4.69) is 232 Å². The van der Waals surface area contributed by atoms with Crippen LogP contribution in [0.5, 0.6) is 0 Å². The molecule has 0 amide bonds. The van der Waals surface area contributed by atoms with Gasteiger partial charge < -0.3 is 9.80 Å². The van der Waals surface area contributed by atoms with Crippen LogP contribution in [0.3, 0.4) is 0 Å². The Morgan fingerprint density at radius 3 is 1.07 bits per heavy atom. The van der Waals surface area contributed by atoms with Gasteiger partial charge in [-0.05, 0) is 129 Å². The molecule has 2 nitrogen and oxygen atoms in total. The van der Waals surface area contributed by atoms with E-state index in [-0.39, 0.29) is 5.41 Å². The van der Waals surface area contributed by atoms with Crippen molar-refractivity contribution in [1.82, 2.24) is 0 Å². The highest BCUT2D eigenvalue weighted by atomic mass is 15.1. The van der Waals surface area contributed by atoms with Crippen LogP contribution in [-0.4, -0.2) is 0 Å². The van der Waals surface area contributed by atoms with E-state index in [0.717, 1.165) is 22.7 Å². The Labute approximate surface area is 346 Å². The lowest BCUT2D eigenvalue weighted by atomic mass is 9.82. The van der Waals surface area contributed by atoms with Crippen LogP contribution < -0.4 is 9.80 Å². The third kappa shape index (κ3) is 5.62. The van der Waals surface area contributed by atoms with Crippen molar-refractivity contribution < 1.29 is 0 Å². The minimum Gasteiger partial charge on any atom is -0.310 e. The van der Waals surface area contributed by atoms with Crippen LogP contribution in [0.2, 0.25) is 0 Å². The molecule has 282 valence electrons. The molecule has 0 fully saturated rings. The molecule has 2 heteroatoms. The van der Waals surface area contributed by atoms with Crippen molar-refractivity contribution >= 4 is 77.2 Å². The van der Waals surface area contributed by atoms with Gasteiger partial charge in [-0.3, -0.25) is 0 Å². The maximum Gasteiger partial charge on any atom is 0.0546 e. The molecule has 10 aromatic carbocycles. The van der Waals surface area contributed by atoms with Crippen LogP contribution in [-0.2, 0) is 5.41 Å². The molecular weight excluding hydrogens is 713 g/mol. The first-order valence-electron chi connectivity index (χ1n) is 20.7. The molecule has 1 aliphatic rings. The first kappa shape index (κ1) is 35.0. The second-order valence-electron chi connectivity index (χ2n) is 16.8. The van der Waals surface area contributed by atoms with Crippen molar-refractivity contribution in [2.75, 3.05) is 9.80 Å². The molecule has 0 radical (unpaired) electrons. The minimum absolute atomic E-state index is 0.258. The molecule has 0 N–H and O–H groups in total. The normalized spacial score (nSPS) is 12.9. The average Bonchev–Trinajstić information content (AvgIpc) is 3.50. The van der Waals surface area contributed by atoms with E-state index in [9.17, 15) is 0 Å². The van der Waals surface area contributed by atoms with Crippen LogP contribution in [0, 0.1) is 13.8 Å². The molecular formula is C57H44N2. The van der Waals surface area contributed by atoms with Gasteiger partial charge in [0.1, 0.15) is 0 Å². The molecule has 0 aromatic heterocycles. The smallest absolute Gasteiger partial charge is 0.0546 e. The van der Waals surface area contributed by atoms with Gasteiger partial charge in [0.2, 0.25) is 0 Å². The monoisotopic (exact) mass is 756 g/mol. The molecule has 11 rings (SSSR count). The first-order chi connectivity index (χ1) is 28.8. The highest BCUT2D eigenvalue weighted by molar-refractivity contribution is 6.16. The Balaban J connectivity index is 1.08.